The Morgan fingerprint density at radius 1 is 1.47 bits per heavy atom. The highest BCUT2D eigenvalue weighted by molar-refractivity contribution is 5.72. The van der Waals surface area contributed by atoms with Crippen LogP contribution in [0.5, 0.6) is 0 Å². The van der Waals surface area contributed by atoms with Gasteiger partial charge in [-0.05, 0) is 30.7 Å². The lowest BCUT2D eigenvalue weighted by molar-refractivity contribution is 0.386. The van der Waals surface area contributed by atoms with Crippen molar-refractivity contribution >= 4 is 5.90 Å². The Labute approximate surface area is 103 Å². The molecule has 0 unspecified atom stereocenters. The maximum atomic E-state index is 7.53. The van der Waals surface area contributed by atoms with Crippen molar-refractivity contribution in [2.45, 2.75) is 46.5 Å². The van der Waals surface area contributed by atoms with Gasteiger partial charge in [0, 0.05) is 12.1 Å². The number of methoxy groups -OCH3 is 1. The van der Waals surface area contributed by atoms with Crippen LogP contribution < -0.4 is 0 Å². The lowest BCUT2D eigenvalue weighted by Gasteiger charge is -2.07. The van der Waals surface area contributed by atoms with E-state index in [4.69, 9.17) is 10.1 Å². The molecule has 0 fully saturated rings. The number of aromatic nitrogens is 2. The third kappa shape index (κ3) is 3.88. The maximum Gasteiger partial charge on any atom is 0.180 e. The van der Waals surface area contributed by atoms with E-state index in [9.17, 15) is 0 Å². The quantitative estimate of drug-likeness (QED) is 0.590. The average Bonchev–Trinajstić information content (AvgIpc) is 2.67. The van der Waals surface area contributed by atoms with Crippen LogP contribution in [0.4, 0.5) is 0 Å². The smallest absolute Gasteiger partial charge is 0.180 e. The first-order valence-electron chi connectivity index (χ1n) is 6.24. The molecule has 1 aromatic heterocycles. The zero-order valence-corrected chi connectivity index (χ0v) is 11.3. The molecule has 1 aromatic rings. The van der Waals surface area contributed by atoms with Gasteiger partial charge in [-0.3, -0.25) is 10.5 Å². The first kappa shape index (κ1) is 13.7. The van der Waals surface area contributed by atoms with Crippen molar-refractivity contribution in [2.24, 2.45) is 5.92 Å². The summed E-state index contributed by atoms with van der Waals surface area (Å²) in [6.45, 7) is 6.52. The Morgan fingerprint density at radius 2 is 2.18 bits per heavy atom. The molecule has 0 aliphatic rings. The van der Waals surface area contributed by atoms with E-state index in [0.717, 1.165) is 25.0 Å². The van der Waals surface area contributed by atoms with Gasteiger partial charge in [0.05, 0.1) is 12.8 Å². The van der Waals surface area contributed by atoms with Crippen molar-refractivity contribution in [1.82, 2.24) is 10.2 Å². The molecule has 0 saturated heterocycles. The molecule has 1 rings (SSSR count). The maximum absolute atomic E-state index is 7.53. The molecule has 0 aliphatic carbocycles. The fraction of sp³-hybridized carbons (Fsp3) is 0.692. The summed E-state index contributed by atoms with van der Waals surface area (Å²) in [7, 11) is 1.55. The van der Waals surface area contributed by atoms with Crippen molar-refractivity contribution in [1.29, 1.82) is 5.41 Å². The van der Waals surface area contributed by atoms with Crippen LogP contribution in [0.3, 0.4) is 0 Å². The largest absolute Gasteiger partial charge is 0.484 e. The van der Waals surface area contributed by atoms with Gasteiger partial charge in [-0.1, -0.05) is 20.8 Å². The van der Waals surface area contributed by atoms with Crippen molar-refractivity contribution in [3.63, 3.8) is 0 Å². The molecule has 0 spiro atoms. The van der Waals surface area contributed by atoms with Crippen LogP contribution in [0.2, 0.25) is 0 Å². The topological polar surface area (TPSA) is 61.8 Å². The first-order chi connectivity index (χ1) is 8.08. The monoisotopic (exact) mass is 237 g/mol. The predicted octanol–water partition coefficient (Wildman–Crippen LogP) is 2.73. The van der Waals surface area contributed by atoms with Gasteiger partial charge in [-0.2, -0.15) is 5.10 Å². The third-order valence-corrected chi connectivity index (χ3v) is 2.83. The summed E-state index contributed by atoms with van der Waals surface area (Å²) in [5.41, 5.74) is 3.63. The van der Waals surface area contributed by atoms with Gasteiger partial charge in [0.1, 0.15) is 0 Å². The molecule has 0 atom stereocenters. The summed E-state index contributed by atoms with van der Waals surface area (Å²) in [4.78, 5) is 0. The third-order valence-electron chi connectivity index (χ3n) is 2.83. The molecule has 96 valence electrons. The van der Waals surface area contributed by atoms with E-state index in [-0.39, 0.29) is 0 Å². The second kappa shape index (κ2) is 6.42. The number of hydrogen-bond donors (Lipinski definition) is 2. The van der Waals surface area contributed by atoms with Crippen LogP contribution in [-0.4, -0.2) is 23.2 Å². The lowest BCUT2D eigenvalue weighted by Crippen LogP contribution is -2.05. The molecule has 0 aliphatic heterocycles. The summed E-state index contributed by atoms with van der Waals surface area (Å²) in [5, 5.41) is 15.0. The van der Waals surface area contributed by atoms with E-state index in [2.05, 4.69) is 31.0 Å². The summed E-state index contributed by atoms with van der Waals surface area (Å²) in [5.74, 6) is 0.949. The number of hydrogen-bond acceptors (Lipinski definition) is 3. The number of ether oxygens (including phenoxy) is 1. The molecule has 1 heterocycles. The summed E-state index contributed by atoms with van der Waals surface area (Å²) in [6, 6.07) is 0. The molecule has 0 amide bonds. The molecule has 17 heavy (non-hydrogen) atoms. The standard InChI is InChI=1S/C13H23N3O/c1-5-11-10(6-7-13(14)17-4)12(16-15-11)8-9(2)3/h9,14H,5-8H2,1-4H3,(H,15,16). The molecule has 2 N–H and O–H groups in total. The summed E-state index contributed by atoms with van der Waals surface area (Å²) >= 11 is 0. The number of rotatable bonds is 6. The van der Waals surface area contributed by atoms with Gasteiger partial charge in [0.2, 0.25) is 0 Å². The fourth-order valence-corrected chi connectivity index (χ4v) is 1.95. The highest BCUT2D eigenvalue weighted by Crippen LogP contribution is 2.18. The minimum Gasteiger partial charge on any atom is -0.484 e. The Kier molecular flexibility index (Phi) is 5.19. The van der Waals surface area contributed by atoms with E-state index in [1.54, 1.807) is 7.11 Å². The first-order valence-corrected chi connectivity index (χ1v) is 6.24. The van der Waals surface area contributed by atoms with Gasteiger partial charge in [0.25, 0.3) is 0 Å². The molecule has 0 aromatic carbocycles. The van der Waals surface area contributed by atoms with Gasteiger partial charge >= 0.3 is 0 Å². The molecule has 0 saturated carbocycles. The SMILES string of the molecule is CCc1n[nH]c(CC(C)C)c1CCC(=N)OC. The Morgan fingerprint density at radius 3 is 2.71 bits per heavy atom. The van der Waals surface area contributed by atoms with Crippen molar-refractivity contribution < 1.29 is 4.74 Å². The minimum atomic E-state index is 0.337. The van der Waals surface area contributed by atoms with Gasteiger partial charge < -0.3 is 4.74 Å². The Hall–Kier alpha value is -1.32. The summed E-state index contributed by atoms with van der Waals surface area (Å²) in [6.07, 6.45) is 3.44. The number of H-pyrrole nitrogens is 1. The van der Waals surface area contributed by atoms with Crippen LogP contribution >= 0.6 is 0 Å². The molecule has 0 radical (unpaired) electrons. The predicted molar refractivity (Wildman–Crippen MR) is 69.6 cm³/mol. The average molecular weight is 237 g/mol. The van der Waals surface area contributed by atoms with Crippen LogP contribution in [0, 0.1) is 11.3 Å². The van der Waals surface area contributed by atoms with Crippen LogP contribution in [0.1, 0.15) is 44.1 Å². The molecule has 4 heteroatoms. The molecule has 0 bridgehead atoms. The minimum absolute atomic E-state index is 0.337. The second-order valence-electron chi connectivity index (χ2n) is 4.71. The second-order valence-corrected chi connectivity index (χ2v) is 4.71. The highest BCUT2D eigenvalue weighted by atomic mass is 16.5. The zero-order valence-electron chi connectivity index (χ0n) is 11.3. The van der Waals surface area contributed by atoms with E-state index < -0.39 is 0 Å². The van der Waals surface area contributed by atoms with Gasteiger partial charge in [-0.15, -0.1) is 0 Å². The van der Waals surface area contributed by atoms with E-state index >= 15 is 0 Å². The molecule has 4 nitrogen and oxygen atoms in total. The van der Waals surface area contributed by atoms with Crippen molar-refractivity contribution in [3.05, 3.63) is 17.0 Å². The van der Waals surface area contributed by atoms with E-state index in [1.807, 2.05) is 0 Å². The number of nitrogens with one attached hydrogen (secondary N) is 2. The zero-order chi connectivity index (χ0) is 12.8. The van der Waals surface area contributed by atoms with Crippen molar-refractivity contribution in [2.75, 3.05) is 7.11 Å². The lowest BCUT2D eigenvalue weighted by atomic mass is 9.99. The number of aryl methyl sites for hydroxylation is 1. The highest BCUT2D eigenvalue weighted by Gasteiger charge is 2.13. The van der Waals surface area contributed by atoms with Gasteiger partial charge in [0.15, 0.2) is 5.90 Å². The Balaban J connectivity index is 2.78. The fourth-order valence-electron chi connectivity index (χ4n) is 1.95. The van der Waals surface area contributed by atoms with Crippen LogP contribution in [0.25, 0.3) is 0 Å². The molecular weight excluding hydrogens is 214 g/mol. The van der Waals surface area contributed by atoms with E-state index in [1.165, 1.54) is 11.3 Å². The number of aromatic amines is 1. The van der Waals surface area contributed by atoms with Gasteiger partial charge in [-0.25, -0.2) is 0 Å². The van der Waals surface area contributed by atoms with Crippen molar-refractivity contribution in [3.8, 4) is 0 Å². The normalized spacial score (nSPS) is 10.9. The number of nitrogens with zero attached hydrogens (tertiary/aromatic N) is 1. The Bertz CT molecular complexity index is 369. The molecular formula is C13H23N3O. The summed E-state index contributed by atoms with van der Waals surface area (Å²) < 4.78 is 4.90. The van der Waals surface area contributed by atoms with Crippen LogP contribution in [-0.2, 0) is 24.0 Å². The van der Waals surface area contributed by atoms with Crippen LogP contribution in [0.15, 0.2) is 0 Å². The van der Waals surface area contributed by atoms with E-state index in [0.29, 0.717) is 18.2 Å².